The topological polar surface area (TPSA) is 52.1 Å². The summed E-state index contributed by atoms with van der Waals surface area (Å²) in [5.41, 5.74) is 0.903. The molecule has 1 aliphatic rings. The molecule has 5 heteroatoms. The Bertz CT molecular complexity index is 999. The van der Waals surface area contributed by atoms with Gasteiger partial charge in [0.2, 0.25) is 0 Å². The maximum absolute atomic E-state index is 11.6. The molecule has 1 heterocycles. The molecular formula is C27H32N2O2Si. The van der Waals surface area contributed by atoms with E-state index in [1.54, 1.807) is 0 Å². The van der Waals surface area contributed by atoms with Crippen LogP contribution in [0.5, 0.6) is 0 Å². The lowest BCUT2D eigenvalue weighted by Gasteiger charge is -2.43. The first kappa shape index (κ1) is 22.6. The zero-order valence-electron chi connectivity index (χ0n) is 19.3. The quantitative estimate of drug-likeness (QED) is 0.514. The number of hydrogen-bond donors (Lipinski definition) is 0. The second kappa shape index (κ2) is 9.47. The molecule has 1 aliphatic carbocycles. The Hall–Kier alpha value is -2.63. The highest BCUT2D eigenvalue weighted by Gasteiger charge is 2.50. The molecule has 0 unspecified atom stereocenters. The molecule has 4 rings (SSSR count). The van der Waals surface area contributed by atoms with Gasteiger partial charge in [-0.3, -0.25) is 4.79 Å². The molecule has 1 saturated carbocycles. The summed E-state index contributed by atoms with van der Waals surface area (Å²) in [6.07, 6.45) is 4.80. The van der Waals surface area contributed by atoms with E-state index in [0.717, 1.165) is 24.4 Å². The zero-order chi connectivity index (χ0) is 22.6. The number of carbonyl (C=O) groups excluding carboxylic acids is 1. The predicted octanol–water partition coefficient (Wildman–Crippen LogP) is 4.78. The predicted molar refractivity (Wildman–Crippen MR) is 131 cm³/mol. The van der Waals surface area contributed by atoms with E-state index < -0.39 is 8.32 Å². The number of Topliss-reactive ketones (excluding diaryl/α,β-unsaturated/α-hetero) is 1. The summed E-state index contributed by atoms with van der Waals surface area (Å²) in [5, 5.41) is 2.45. The van der Waals surface area contributed by atoms with Crippen molar-refractivity contribution in [3.63, 3.8) is 0 Å². The number of aromatic nitrogens is 2. The molecule has 0 N–H and O–H groups in total. The van der Waals surface area contributed by atoms with Gasteiger partial charge in [-0.05, 0) is 34.3 Å². The van der Waals surface area contributed by atoms with Gasteiger partial charge in [-0.1, -0.05) is 81.4 Å². The van der Waals surface area contributed by atoms with Crippen molar-refractivity contribution < 1.29 is 9.22 Å². The summed E-state index contributed by atoms with van der Waals surface area (Å²) < 4.78 is 7.01. The Balaban J connectivity index is 1.67. The van der Waals surface area contributed by atoms with E-state index in [9.17, 15) is 4.79 Å². The molecule has 0 atom stereocenters. The van der Waals surface area contributed by atoms with Crippen molar-refractivity contribution in [2.75, 3.05) is 0 Å². The van der Waals surface area contributed by atoms with Gasteiger partial charge < -0.3 is 4.43 Å². The van der Waals surface area contributed by atoms with E-state index in [-0.39, 0.29) is 11.0 Å². The van der Waals surface area contributed by atoms with Crippen LogP contribution in [0.25, 0.3) is 0 Å². The van der Waals surface area contributed by atoms with E-state index in [4.69, 9.17) is 9.41 Å². The van der Waals surface area contributed by atoms with Crippen LogP contribution in [-0.4, -0.2) is 24.1 Å². The van der Waals surface area contributed by atoms with Gasteiger partial charge in [0.15, 0.2) is 0 Å². The fourth-order valence-corrected chi connectivity index (χ4v) is 9.35. The first-order chi connectivity index (χ1) is 15.4. The number of benzene rings is 2. The highest BCUT2D eigenvalue weighted by molar-refractivity contribution is 6.99. The second-order valence-electron chi connectivity index (χ2n) is 9.67. The smallest absolute Gasteiger partial charge is 0.261 e. The molecule has 1 aromatic heterocycles. The molecule has 0 saturated heterocycles. The van der Waals surface area contributed by atoms with Crippen molar-refractivity contribution in [1.29, 1.82) is 0 Å². The largest absolute Gasteiger partial charge is 0.401 e. The van der Waals surface area contributed by atoms with Crippen molar-refractivity contribution in [3.05, 3.63) is 84.4 Å². The van der Waals surface area contributed by atoms with E-state index in [0.29, 0.717) is 25.2 Å². The fourth-order valence-electron chi connectivity index (χ4n) is 4.83. The van der Waals surface area contributed by atoms with Gasteiger partial charge in [0.25, 0.3) is 8.32 Å². The average Bonchev–Trinajstić information content (AvgIpc) is 2.81. The highest BCUT2D eigenvalue weighted by atomic mass is 28.4. The molecule has 0 spiro atoms. The Kier molecular flexibility index (Phi) is 6.67. The zero-order valence-corrected chi connectivity index (χ0v) is 20.3. The average molecular weight is 445 g/mol. The van der Waals surface area contributed by atoms with Crippen molar-refractivity contribution in [1.82, 2.24) is 9.97 Å². The number of carbonyl (C=O) groups is 1. The van der Waals surface area contributed by atoms with E-state index in [1.165, 1.54) is 10.4 Å². The molecule has 1 fully saturated rings. The maximum Gasteiger partial charge on any atom is 0.261 e. The van der Waals surface area contributed by atoms with E-state index >= 15 is 0 Å². The van der Waals surface area contributed by atoms with Gasteiger partial charge >= 0.3 is 0 Å². The Morgan fingerprint density at radius 3 is 2.00 bits per heavy atom. The molecule has 32 heavy (non-hydrogen) atoms. The Morgan fingerprint density at radius 1 is 0.906 bits per heavy atom. The molecule has 0 bridgehead atoms. The Morgan fingerprint density at radius 2 is 1.47 bits per heavy atom. The minimum atomic E-state index is -2.60. The molecule has 166 valence electrons. The van der Waals surface area contributed by atoms with Gasteiger partial charge in [-0.25, -0.2) is 9.97 Å². The van der Waals surface area contributed by atoms with Crippen LogP contribution >= 0.6 is 0 Å². The monoisotopic (exact) mass is 444 g/mol. The van der Waals surface area contributed by atoms with Gasteiger partial charge in [-0.15, -0.1) is 0 Å². The lowest BCUT2D eigenvalue weighted by Crippen LogP contribution is -2.66. The van der Waals surface area contributed by atoms with Gasteiger partial charge in [0, 0.05) is 25.0 Å². The Labute approximate surface area is 192 Å². The molecule has 2 aromatic carbocycles. The van der Waals surface area contributed by atoms with Crippen LogP contribution in [0.1, 0.15) is 63.9 Å². The third-order valence-electron chi connectivity index (χ3n) is 6.49. The number of hydrogen-bond acceptors (Lipinski definition) is 4. The SMILES string of the molecule is CC(C)(C)[Si](OCc1ccnc(C2CCC(=O)CC2)n1)(c1ccccc1)c1ccccc1. The van der Waals surface area contributed by atoms with E-state index in [1.807, 2.05) is 12.3 Å². The molecular weight excluding hydrogens is 412 g/mol. The third-order valence-corrected chi connectivity index (χ3v) is 11.5. The van der Waals surface area contributed by atoms with E-state index in [2.05, 4.69) is 86.4 Å². The number of rotatable bonds is 6. The third kappa shape index (κ3) is 4.59. The maximum atomic E-state index is 11.6. The first-order valence-electron chi connectivity index (χ1n) is 11.5. The van der Waals surface area contributed by atoms with Gasteiger partial charge in [-0.2, -0.15) is 0 Å². The number of ketones is 1. The lowest BCUT2D eigenvalue weighted by molar-refractivity contribution is -0.120. The number of nitrogens with zero attached hydrogens (tertiary/aromatic N) is 2. The van der Waals surface area contributed by atoms with Crippen molar-refractivity contribution in [3.8, 4) is 0 Å². The standard InChI is InChI=1S/C27H32N2O2Si/c1-27(2,3)32(24-10-6-4-7-11-24,25-12-8-5-9-13-25)31-20-22-18-19-28-26(29-22)21-14-16-23(30)17-15-21/h4-13,18-19,21H,14-17,20H2,1-3H3. The second-order valence-corrected chi connectivity index (χ2v) is 14.0. The minimum absolute atomic E-state index is 0.0741. The van der Waals surface area contributed by atoms with Crippen LogP contribution in [-0.2, 0) is 15.8 Å². The van der Waals surface area contributed by atoms with Crippen LogP contribution in [0.15, 0.2) is 72.9 Å². The summed E-state index contributed by atoms with van der Waals surface area (Å²) >= 11 is 0. The summed E-state index contributed by atoms with van der Waals surface area (Å²) in [5.74, 6) is 1.47. The van der Waals surface area contributed by atoms with Crippen LogP contribution < -0.4 is 10.4 Å². The van der Waals surface area contributed by atoms with Crippen molar-refractivity contribution >= 4 is 24.5 Å². The molecule has 0 aliphatic heterocycles. The highest BCUT2D eigenvalue weighted by Crippen LogP contribution is 2.37. The van der Waals surface area contributed by atoms with Gasteiger partial charge in [0.05, 0.1) is 12.3 Å². The van der Waals surface area contributed by atoms with Gasteiger partial charge in [0.1, 0.15) is 11.6 Å². The summed E-state index contributed by atoms with van der Waals surface area (Å²) in [4.78, 5) is 21.0. The van der Waals surface area contributed by atoms with Crippen molar-refractivity contribution in [2.24, 2.45) is 0 Å². The van der Waals surface area contributed by atoms with Crippen LogP contribution in [0.4, 0.5) is 0 Å². The molecule has 0 amide bonds. The van der Waals surface area contributed by atoms with Crippen molar-refractivity contribution in [2.45, 2.75) is 64.0 Å². The molecule has 0 radical (unpaired) electrons. The summed E-state index contributed by atoms with van der Waals surface area (Å²) in [6, 6.07) is 23.3. The van der Waals surface area contributed by atoms with Crippen LogP contribution in [0.2, 0.25) is 5.04 Å². The summed E-state index contributed by atoms with van der Waals surface area (Å²) in [7, 11) is -2.60. The normalized spacial score (nSPS) is 15.7. The molecule has 4 nitrogen and oxygen atoms in total. The lowest BCUT2D eigenvalue weighted by atomic mass is 9.88. The first-order valence-corrected chi connectivity index (χ1v) is 13.4. The van der Waals surface area contributed by atoms with Crippen LogP contribution in [0, 0.1) is 0 Å². The fraction of sp³-hybridized carbons (Fsp3) is 0.370. The minimum Gasteiger partial charge on any atom is -0.401 e. The van der Waals surface area contributed by atoms with Crippen LogP contribution in [0.3, 0.4) is 0 Å². The molecule has 3 aromatic rings. The summed E-state index contributed by atoms with van der Waals surface area (Å²) in [6.45, 7) is 7.28.